The average molecular weight is 436 g/mol. The number of hydrogen-bond donors (Lipinski definition) is 0. The van der Waals surface area contributed by atoms with Gasteiger partial charge >= 0.3 is 0 Å². The third kappa shape index (κ3) is 3.64. The van der Waals surface area contributed by atoms with Gasteiger partial charge in [0.05, 0.1) is 7.11 Å². The Labute approximate surface area is 164 Å². The van der Waals surface area contributed by atoms with Gasteiger partial charge < -0.3 is 9.64 Å². The van der Waals surface area contributed by atoms with Crippen molar-refractivity contribution in [3.05, 3.63) is 53.4 Å². The standard InChI is InChI=1S/C18H17F5N2O3S/c1-10-9-24(7-8-25(10)11-3-5-12(28-2)6-4-11)29(26,27)18-16(22)14(20)13(19)15(21)17(18)23/h3-6,10H,7-9H2,1-2H3. The Morgan fingerprint density at radius 1 is 0.897 bits per heavy atom. The summed E-state index contributed by atoms with van der Waals surface area (Å²) in [6.45, 7) is 1.44. The quantitative estimate of drug-likeness (QED) is 0.419. The average Bonchev–Trinajstić information content (AvgIpc) is 2.70. The third-order valence-electron chi connectivity index (χ3n) is 4.76. The van der Waals surface area contributed by atoms with Gasteiger partial charge in [0.2, 0.25) is 15.8 Å². The molecule has 0 bridgehead atoms. The SMILES string of the molecule is COc1ccc(N2CCN(S(=O)(=O)c3c(F)c(F)c(F)c(F)c3F)CC2C)cc1. The van der Waals surface area contributed by atoms with Crippen LogP contribution in [-0.4, -0.2) is 45.5 Å². The van der Waals surface area contributed by atoms with Crippen LogP contribution in [0.25, 0.3) is 0 Å². The van der Waals surface area contributed by atoms with Gasteiger partial charge in [0.1, 0.15) is 5.75 Å². The van der Waals surface area contributed by atoms with Gasteiger partial charge in [-0.25, -0.2) is 30.4 Å². The lowest BCUT2D eigenvalue weighted by atomic mass is 10.2. The summed E-state index contributed by atoms with van der Waals surface area (Å²) in [6, 6.07) is 6.56. The lowest BCUT2D eigenvalue weighted by Gasteiger charge is -2.40. The summed E-state index contributed by atoms with van der Waals surface area (Å²) in [4.78, 5) is 0.0308. The van der Waals surface area contributed by atoms with E-state index in [-0.39, 0.29) is 19.6 Å². The first-order valence-corrected chi connectivity index (χ1v) is 9.95. The Morgan fingerprint density at radius 3 is 1.90 bits per heavy atom. The maximum atomic E-state index is 14.0. The summed E-state index contributed by atoms with van der Waals surface area (Å²) in [5, 5.41) is 0. The molecule has 1 unspecified atom stereocenters. The fraction of sp³-hybridized carbons (Fsp3) is 0.333. The minimum Gasteiger partial charge on any atom is -0.497 e. The van der Waals surface area contributed by atoms with Crippen molar-refractivity contribution in [3.8, 4) is 5.75 Å². The molecule has 1 aliphatic heterocycles. The summed E-state index contributed by atoms with van der Waals surface area (Å²) in [6.07, 6.45) is 0. The number of piperazine rings is 1. The molecule has 158 valence electrons. The molecule has 29 heavy (non-hydrogen) atoms. The second kappa shape index (κ2) is 7.79. The fourth-order valence-corrected chi connectivity index (χ4v) is 4.86. The van der Waals surface area contributed by atoms with Crippen LogP contribution in [0.1, 0.15) is 6.92 Å². The highest BCUT2D eigenvalue weighted by Crippen LogP contribution is 2.31. The zero-order valence-electron chi connectivity index (χ0n) is 15.4. The normalized spacial score (nSPS) is 18.2. The number of anilines is 1. The molecule has 1 atom stereocenters. The highest BCUT2D eigenvalue weighted by Gasteiger charge is 2.39. The van der Waals surface area contributed by atoms with Gasteiger partial charge in [0, 0.05) is 31.4 Å². The van der Waals surface area contributed by atoms with Gasteiger partial charge in [-0.15, -0.1) is 0 Å². The number of sulfonamides is 1. The summed E-state index contributed by atoms with van der Waals surface area (Å²) in [7, 11) is -3.43. The van der Waals surface area contributed by atoms with E-state index in [4.69, 9.17) is 4.74 Å². The largest absolute Gasteiger partial charge is 0.497 e. The van der Waals surface area contributed by atoms with E-state index in [1.54, 1.807) is 31.2 Å². The zero-order chi connectivity index (χ0) is 21.5. The van der Waals surface area contributed by atoms with Crippen LogP contribution in [-0.2, 0) is 10.0 Å². The molecule has 11 heteroatoms. The van der Waals surface area contributed by atoms with E-state index in [9.17, 15) is 30.4 Å². The van der Waals surface area contributed by atoms with E-state index < -0.39 is 50.0 Å². The van der Waals surface area contributed by atoms with Crippen molar-refractivity contribution in [2.75, 3.05) is 31.6 Å². The van der Waals surface area contributed by atoms with E-state index in [1.807, 2.05) is 4.90 Å². The van der Waals surface area contributed by atoms with Crippen molar-refractivity contribution < 1.29 is 35.1 Å². The van der Waals surface area contributed by atoms with Crippen LogP contribution in [0.3, 0.4) is 0 Å². The highest BCUT2D eigenvalue weighted by atomic mass is 32.2. The predicted octanol–water partition coefficient (Wildman–Crippen LogP) is 3.29. The van der Waals surface area contributed by atoms with Crippen LogP contribution in [0, 0.1) is 29.1 Å². The van der Waals surface area contributed by atoms with Gasteiger partial charge in [-0.2, -0.15) is 4.31 Å². The minimum atomic E-state index is -4.94. The monoisotopic (exact) mass is 436 g/mol. The van der Waals surface area contributed by atoms with Crippen LogP contribution in [0.2, 0.25) is 0 Å². The van der Waals surface area contributed by atoms with Crippen molar-refractivity contribution in [3.63, 3.8) is 0 Å². The van der Waals surface area contributed by atoms with E-state index >= 15 is 0 Å². The summed E-state index contributed by atoms with van der Waals surface area (Å²) < 4.78 is 99.3. The van der Waals surface area contributed by atoms with E-state index in [2.05, 4.69) is 0 Å². The van der Waals surface area contributed by atoms with Crippen LogP contribution in [0.4, 0.5) is 27.6 Å². The molecule has 5 nitrogen and oxygen atoms in total. The Hall–Kier alpha value is -2.40. The number of halogens is 5. The van der Waals surface area contributed by atoms with E-state index in [0.29, 0.717) is 5.75 Å². The minimum absolute atomic E-state index is 0.155. The lowest BCUT2D eigenvalue weighted by molar-refractivity contribution is 0.327. The maximum absolute atomic E-state index is 14.0. The Kier molecular flexibility index (Phi) is 5.72. The molecule has 1 fully saturated rings. The first-order valence-electron chi connectivity index (χ1n) is 8.51. The molecule has 0 N–H and O–H groups in total. The van der Waals surface area contributed by atoms with Gasteiger partial charge in [-0.3, -0.25) is 0 Å². The van der Waals surface area contributed by atoms with Gasteiger partial charge in [-0.05, 0) is 31.2 Å². The van der Waals surface area contributed by atoms with Crippen molar-refractivity contribution in [2.24, 2.45) is 0 Å². The molecular weight excluding hydrogens is 419 g/mol. The number of ether oxygens (including phenoxy) is 1. The molecule has 0 aromatic heterocycles. The van der Waals surface area contributed by atoms with Gasteiger partial charge in [0.15, 0.2) is 28.2 Å². The van der Waals surface area contributed by atoms with Crippen LogP contribution in [0.15, 0.2) is 29.2 Å². The molecule has 0 radical (unpaired) electrons. The second-order valence-corrected chi connectivity index (χ2v) is 8.38. The van der Waals surface area contributed by atoms with E-state index in [1.165, 1.54) is 7.11 Å². The summed E-state index contributed by atoms with van der Waals surface area (Å²) >= 11 is 0. The van der Waals surface area contributed by atoms with Crippen molar-refractivity contribution in [2.45, 2.75) is 17.9 Å². The van der Waals surface area contributed by atoms with Crippen molar-refractivity contribution in [1.29, 1.82) is 0 Å². The molecule has 0 aliphatic carbocycles. The fourth-order valence-electron chi connectivity index (χ4n) is 3.24. The van der Waals surface area contributed by atoms with Crippen LogP contribution < -0.4 is 9.64 Å². The molecular formula is C18H17F5N2O3S. The van der Waals surface area contributed by atoms with Crippen LogP contribution >= 0.6 is 0 Å². The number of nitrogens with zero attached hydrogens (tertiary/aromatic N) is 2. The molecule has 2 aromatic rings. The molecule has 0 spiro atoms. The number of rotatable bonds is 4. The first kappa shape index (κ1) is 21.3. The number of methoxy groups -OCH3 is 1. The summed E-state index contributed by atoms with van der Waals surface area (Å²) in [5.41, 5.74) is 0.770. The number of benzene rings is 2. The Balaban J connectivity index is 1.90. The molecule has 0 amide bonds. The Morgan fingerprint density at radius 2 is 1.41 bits per heavy atom. The smallest absolute Gasteiger partial charge is 0.249 e. The number of hydrogen-bond acceptors (Lipinski definition) is 4. The predicted molar refractivity (Wildman–Crippen MR) is 94.8 cm³/mol. The topological polar surface area (TPSA) is 49.9 Å². The van der Waals surface area contributed by atoms with Gasteiger partial charge in [-0.1, -0.05) is 0 Å². The molecule has 3 rings (SSSR count). The second-order valence-electron chi connectivity index (χ2n) is 6.50. The van der Waals surface area contributed by atoms with Gasteiger partial charge in [0.25, 0.3) is 0 Å². The third-order valence-corrected chi connectivity index (χ3v) is 6.65. The van der Waals surface area contributed by atoms with Crippen LogP contribution in [0.5, 0.6) is 5.75 Å². The zero-order valence-corrected chi connectivity index (χ0v) is 16.2. The van der Waals surface area contributed by atoms with Crippen molar-refractivity contribution in [1.82, 2.24) is 4.31 Å². The summed E-state index contributed by atoms with van der Waals surface area (Å²) in [5.74, 6) is -11.1. The van der Waals surface area contributed by atoms with E-state index in [0.717, 1.165) is 9.99 Å². The molecule has 0 saturated carbocycles. The van der Waals surface area contributed by atoms with Crippen molar-refractivity contribution >= 4 is 15.7 Å². The molecule has 2 aromatic carbocycles. The Bertz CT molecular complexity index is 1000. The maximum Gasteiger partial charge on any atom is 0.249 e. The first-order chi connectivity index (χ1) is 13.6. The molecule has 1 aliphatic rings. The highest BCUT2D eigenvalue weighted by molar-refractivity contribution is 7.89. The lowest BCUT2D eigenvalue weighted by Crippen LogP contribution is -2.54. The molecule has 1 heterocycles. The molecule has 1 saturated heterocycles.